The van der Waals surface area contributed by atoms with E-state index in [4.69, 9.17) is 0 Å². The van der Waals surface area contributed by atoms with Crippen LogP contribution in [0.25, 0.3) is 0 Å². The Morgan fingerprint density at radius 3 is 2.31 bits per heavy atom. The smallest absolute Gasteiger partial charge is 0.261 e. The largest absolute Gasteiger partial charge is 0.309 e. The summed E-state index contributed by atoms with van der Waals surface area (Å²) in [5.41, 5.74) is 5.18. The maximum Gasteiger partial charge on any atom is 0.261 e. The maximum absolute atomic E-state index is 12.9. The van der Waals surface area contributed by atoms with Gasteiger partial charge in [-0.1, -0.05) is 17.7 Å². The minimum Gasteiger partial charge on any atom is -0.309 e. The number of hydrogen-bond acceptors (Lipinski definition) is 3. The van der Waals surface area contributed by atoms with E-state index < -0.39 is 10.0 Å². The lowest BCUT2D eigenvalue weighted by atomic mass is 10.1. The summed E-state index contributed by atoms with van der Waals surface area (Å²) in [6.45, 7) is 9.27. The Bertz CT molecular complexity index is 973. The van der Waals surface area contributed by atoms with Gasteiger partial charge in [-0.2, -0.15) is 0 Å². The molecule has 1 amide bonds. The fourth-order valence-electron chi connectivity index (χ4n) is 3.79. The summed E-state index contributed by atoms with van der Waals surface area (Å²) in [7, 11) is -3.70. The van der Waals surface area contributed by atoms with Gasteiger partial charge in [-0.3, -0.25) is 9.52 Å². The van der Waals surface area contributed by atoms with E-state index in [-0.39, 0.29) is 16.8 Å². The number of aryl methyl sites for hydroxylation is 3. The van der Waals surface area contributed by atoms with E-state index in [1.165, 1.54) is 6.92 Å². The van der Waals surface area contributed by atoms with Gasteiger partial charge in [0.05, 0.1) is 10.6 Å². The van der Waals surface area contributed by atoms with E-state index in [1.54, 1.807) is 23.1 Å². The third-order valence-electron chi connectivity index (χ3n) is 4.83. The number of benzene rings is 2. The number of carbonyl (C=O) groups excluding carboxylic acids is 1. The lowest BCUT2D eigenvalue weighted by Gasteiger charge is -2.20. The van der Waals surface area contributed by atoms with Crippen molar-refractivity contribution in [1.82, 2.24) is 0 Å². The van der Waals surface area contributed by atoms with Gasteiger partial charge in [0.1, 0.15) is 0 Å². The van der Waals surface area contributed by atoms with E-state index in [1.807, 2.05) is 39.8 Å². The van der Waals surface area contributed by atoms with Gasteiger partial charge in [0.25, 0.3) is 10.0 Å². The van der Waals surface area contributed by atoms with Crippen LogP contribution in [-0.2, 0) is 21.2 Å². The van der Waals surface area contributed by atoms with Crippen molar-refractivity contribution < 1.29 is 13.2 Å². The zero-order valence-corrected chi connectivity index (χ0v) is 16.6. The van der Waals surface area contributed by atoms with Gasteiger partial charge in [-0.25, -0.2) is 8.42 Å². The molecule has 1 atom stereocenters. The highest BCUT2D eigenvalue weighted by atomic mass is 32.2. The van der Waals surface area contributed by atoms with Crippen molar-refractivity contribution in [3.63, 3.8) is 0 Å². The first-order valence-corrected chi connectivity index (χ1v) is 10.1. The Kier molecular flexibility index (Phi) is 4.56. The Morgan fingerprint density at radius 2 is 1.73 bits per heavy atom. The zero-order valence-electron chi connectivity index (χ0n) is 15.8. The molecule has 0 spiro atoms. The highest BCUT2D eigenvalue weighted by Crippen LogP contribution is 2.34. The van der Waals surface area contributed by atoms with E-state index in [0.29, 0.717) is 12.1 Å². The molecule has 26 heavy (non-hydrogen) atoms. The van der Waals surface area contributed by atoms with Gasteiger partial charge in [0.2, 0.25) is 5.91 Å². The van der Waals surface area contributed by atoms with Crippen LogP contribution in [-0.4, -0.2) is 20.4 Å². The summed E-state index contributed by atoms with van der Waals surface area (Å²) in [4.78, 5) is 13.8. The summed E-state index contributed by atoms with van der Waals surface area (Å²) in [6.07, 6.45) is 0.654. The second-order valence-corrected chi connectivity index (χ2v) is 8.79. The first-order chi connectivity index (χ1) is 12.1. The first-order valence-electron chi connectivity index (χ1n) is 8.63. The predicted octanol–water partition coefficient (Wildman–Crippen LogP) is 3.71. The predicted molar refractivity (Wildman–Crippen MR) is 104 cm³/mol. The highest BCUT2D eigenvalue weighted by Gasteiger charge is 2.30. The average molecular weight is 372 g/mol. The van der Waals surface area contributed by atoms with Crippen LogP contribution in [0.2, 0.25) is 0 Å². The summed E-state index contributed by atoms with van der Waals surface area (Å²) < 4.78 is 28.5. The SMILES string of the molecule is CC(=O)N1c2ccc(S(=O)(=O)Nc3c(C)cc(C)cc3C)cc2C[C@H]1C. The van der Waals surface area contributed by atoms with Crippen LogP contribution in [0.5, 0.6) is 0 Å². The number of amides is 1. The fourth-order valence-corrected chi connectivity index (χ4v) is 5.04. The molecular formula is C20H24N2O3S. The molecule has 0 unspecified atom stereocenters. The standard InChI is InChI=1S/C20H24N2O3S/c1-12-8-13(2)20(14(3)9-12)21-26(24,25)18-6-7-19-17(11-18)10-15(4)22(19)16(5)23/h6-9,11,15,21H,10H2,1-5H3/t15-/m1/s1. The quantitative estimate of drug-likeness (QED) is 0.893. The van der Waals surface area contributed by atoms with Crippen molar-refractivity contribution in [3.05, 3.63) is 52.6 Å². The molecule has 1 heterocycles. The molecule has 138 valence electrons. The van der Waals surface area contributed by atoms with E-state index in [2.05, 4.69) is 4.72 Å². The number of hydrogen-bond donors (Lipinski definition) is 1. The van der Waals surface area contributed by atoms with Crippen LogP contribution >= 0.6 is 0 Å². The Morgan fingerprint density at radius 1 is 1.12 bits per heavy atom. The minimum absolute atomic E-state index is 0.0316. The molecule has 1 N–H and O–H groups in total. The van der Waals surface area contributed by atoms with Crippen LogP contribution < -0.4 is 9.62 Å². The number of fused-ring (bicyclic) bond motifs is 1. The van der Waals surface area contributed by atoms with Crippen LogP contribution in [0.3, 0.4) is 0 Å². The number of carbonyl (C=O) groups is 1. The topological polar surface area (TPSA) is 66.5 Å². The molecule has 0 aliphatic carbocycles. The fraction of sp³-hybridized carbons (Fsp3) is 0.350. The summed E-state index contributed by atoms with van der Waals surface area (Å²) in [5.74, 6) is -0.0316. The van der Waals surface area contributed by atoms with Gasteiger partial charge in [0.15, 0.2) is 0 Å². The van der Waals surface area contributed by atoms with Gasteiger partial charge in [-0.05, 0) is 69.0 Å². The lowest BCUT2D eigenvalue weighted by molar-refractivity contribution is -0.116. The zero-order chi connectivity index (χ0) is 19.2. The van der Waals surface area contributed by atoms with Crippen LogP contribution in [0.1, 0.15) is 36.1 Å². The Balaban J connectivity index is 1.98. The summed E-state index contributed by atoms with van der Waals surface area (Å²) in [6, 6.07) is 8.92. The van der Waals surface area contributed by atoms with Crippen molar-refractivity contribution in [1.29, 1.82) is 0 Å². The normalized spacial score (nSPS) is 16.5. The molecule has 0 fully saturated rings. The molecule has 3 rings (SSSR count). The molecule has 2 aromatic carbocycles. The molecule has 1 aliphatic heterocycles. The van der Waals surface area contributed by atoms with E-state index in [0.717, 1.165) is 27.9 Å². The monoisotopic (exact) mass is 372 g/mol. The van der Waals surface area contributed by atoms with Crippen molar-refractivity contribution >= 4 is 27.3 Å². The Hall–Kier alpha value is -2.34. The van der Waals surface area contributed by atoms with Gasteiger partial charge in [0, 0.05) is 18.7 Å². The Labute approximate surface area is 155 Å². The van der Waals surface area contributed by atoms with Crippen LogP contribution in [0.15, 0.2) is 35.2 Å². The summed E-state index contributed by atoms with van der Waals surface area (Å²) >= 11 is 0. The molecule has 0 saturated carbocycles. The number of nitrogens with zero attached hydrogens (tertiary/aromatic N) is 1. The van der Waals surface area contributed by atoms with Crippen molar-refractivity contribution in [3.8, 4) is 0 Å². The average Bonchev–Trinajstić information content (AvgIpc) is 2.85. The van der Waals surface area contributed by atoms with Crippen LogP contribution in [0, 0.1) is 20.8 Å². The second kappa shape index (κ2) is 6.43. The number of nitrogens with one attached hydrogen (secondary N) is 1. The lowest BCUT2D eigenvalue weighted by Crippen LogP contribution is -2.33. The molecule has 0 bridgehead atoms. The third kappa shape index (κ3) is 3.21. The van der Waals surface area contributed by atoms with Crippen LogP contribution in [0.4, 0.5) is 11.4 Å². The molecule has 5 nitrogen and oxygen atoms in total. The summed E-state index contributed by atoms with van der Waals surface area (Å²) in [5, 5.41) is 0. The van der Waals surface area contributed by atoms with Crippen molar-refractivity contribution in [2.45, 2.75) is 52.0 Å². The molecule has 0 aromatic heterocycles. The molecule has 6 heteroatoms. The number of rotatable bonds is 3. The highest BCUT2D eigenvalue weighted by molar-refractivity contribution is 7.92. The molecular weight excluding hydrogens is 348 g/mol. The van der Waals surface area contributed by atoms with Crippen molar-refractivity contribution in [2.24, 2.45) is 0 Å². The van der Waals surface area contributed by atoms with E-state index in [9.17, 15) is 13.2 Å². The second-order valence-electron chi connectivity index (χ2n) is 7.11. The molecule has 2 aromatic rings. The maximum atomic E-state index is 12.9. The molecule has 0 radical (unpaired) electrons. The van der Waals surface area contributed by atoms with Gasteiger partial charge < -0.3 is 4.90 Å². The third-order valence-corrected chi connectivity index (χ3v) is 6.18. The number of anilines is 2. The minimum atomic E-state index is -3.70. The molecule has 1 aliphatic rings. The van der Waals surface area contributed by atoms with E-state index >= 15 is 0 Å². The van der Waals surface area contributed by atoms with Gasteiger partial charge >= 0.3 is 0 Å². The van der Waals surface area contributed by atoms with Gasteiger partial charge in [-0.15, -0.1) is 0 Å². The molecule has 0 saturated heterocycles. The van der Waals surface area contributed by atoms with Crippen molar-refractivity contribution in [2.75, 3.05) is 9.62 Å². The number of sulfonamides is 1. The first kappa shape index (κ1) is 18.5.